The molecule has 0 bridgehead atoms. The van der Waals surface area contributed by atoms with Crippen molar-refractivity contribution in [1.82, 2.24) is 9.80 Å². The molecule has 1 aliphatic rings. The Bertz CT molecular complexity index is 389. The number of likely N-dealkylation sites (tertiary alicyclic amines) is 1. The van der Waals surface area contributed by atoms with Gasteiger partial charge in [-0.2, -0.15) is 0 Å². The van der Waals surface area contributed by atoms with Crippen molar-refractivity contribution in [3.63, 3.8) is 0 Å². The van der Waals surface area contributed by atoms with Gasteiger partial charge >= 0.3 is 12.0 Å². The SMILES string of the molecule is CC(N(C)C(=O)N1CCCC(C)(C(=O)O)C1)C(C)(C)C. The van der Waals surface area contributed by atoms with Gasteiger partial charge in [-0.15, -0.1) is 0 Å². The molecular weight excluding hydrogens is 256 g/mol. The molecule has 2 amide bonds. The number of piperidine rings is 1. The highest BCUT2D eigenvalue weighted by atomic mass is 16.4. The molecular formula is C15H28N2O3. The summed E-state index contributed by atoms with van der Waals surface area (Å²) in [5, 5.41) is 9.32. The Morgan fingerprint density at radius 2 is 1.90 bits per heavy atom. The number of carboxylic acid groups (broad SMARTS) is 1. The molecule has 1 rings (SSSR count). The van der Waals surface area contributed by atoms with Gasteiger partial charge in [0.2, 0.25) is 0 Å². The molecule has 1 heterocycles. The third-order valence-electron chi connectivity index (χ3n) is 4.62. The van der Waals surface area contributed by atoms with E-state index >= 15 is 0 Å². The summed E-state index contributed by atoms with van der Waals surface area (Å²) in [7, 11) is 1.80. The van der Waals surface area contributed by atoms with Crippen LogP contribution in [0.3, 0.4) is 0 Å². The molecule has 5 heteroatoms. The maximum absolute atomic E-state index is 12.6. The molecule has 2 unspecified atom stereocenters. The number of urea groups is 1. The van der Waals surface area contributed by atoms with E-state index in [1.165, 1.54) is 0 Å². The van der Waals surface area contributed by atoms with Crippen LogP contribution < -0.4 is 0 Å². The van der Waals surface area contributed by atoms with Crippen LogP contribution in [-0.2, 0) is 4.79 Å². The lowest BCUT2D eigenvalue weighted by atomic mass is 9.82. The predicted octanol–water partition coefficient (Wildman–Crippen LogP) is 2.66. The van der Waals surface area contributed by atoms with Gasteiger partial charge in [0, 0.05) is 26.2 Å². The maximum atomic E-state index is 12.6. The minimum Gasteiger partial charge on any atom is -0.481 e. The predicted molar refractivity (Wildman–Crippen MR) is 78.6 cm³/mol. The monoisotopic (exact) mass is 284 g/mol. The zero-order valence-electron chi connectivity index (χ0n) is 13.6. The van der Waals surface area contributed by atoms with Crippen LogP contribution in [0.15, 0.2) is 0 Å². The Labute approximate surface area is 121 Å². The van der Waals surface area contributed by atoms with Gasteiger partial charge in [0.25, 0.3) is 0 Å². The molecule has 1 aliphatic heterocycles. The summed E-state index contributed by atoms with van der Waals surface area (Å²) in [4.78, 5) is 27.3. The summed E-state index contributed by atoms with van der Waals surface area (Å²) in [6.07, 6.45) is 1.37. The van der Waals surface area contributed by atoms with Crippen LogP contribution in [0, 0.1) is 10.8 Å². The normalized spacial score (nSPS) is 25.2. The van der Waals surface area contributed by atoms with Gasteiger partial charge in [0.15, 0.2) is 0 Å². The minimum absolute atomic E-state index is 0.00367. The molecule has 0 spiro atoms. The van der Waals surface area contributed by atoms with E-state index in [4.69, 9.17) is 0 Å². The topological polar surface area (TPSA) is 60.9 Å². The lowest BCUT2D eigenvalue weighted by Crippen LogP contribution is -2.54. The first-order valence-electron chi connectivity index (χ1n) is 7.24. The van der Waals surface area contributed by atoms with Crippen molar-refractivity contribution in [2.45, 2.75) is 53.5 Å². The lowest BCUT2D eigenvalue weighted by Gasteiger charge is -2.42. The van der Waals surface area contributed by atoms with E-state index < -0.39 is 11.4 Å². The Kier molecular flexibility index (Phi) is 4.72. The first-order chi connectivity index (χ1) is 8.99. The van der Waals surface area contributed by atoms with Crippen LogP contribution in [0.1, 0.15) is 47.5 Å². The Hall–Kier alpha value is -1.26. The molecule has 0 aromatic heterocycles. The van der Waals surface area contributed by atoms with Crippen molar-refractivity contribution in [3.05, 3.63) is 0 Å². The molecule has 1 fully saturated rings. The van der Waals surface area contributed by atoms with E-state index in [1.54, 1.807) is 23.8 Å². The maximum Gasteiger partial charge on any atom is 0.320 e. The van der Waals surface area contributed by atoms with E-state index in [1.807, 2.05) is 6.92 Å². The smallest absolute Gasteiger partial charge is 0.320 e. The first kappa shape index (κ1) is 16.8. The number of hydrogen-bond donors (Lipinski definition) is 1. The Morgan fingerprint density at radius 3 is 2.35 bits per heavy atom. The van der Waals surface area contributed by atoms with Crippen molar-refractivity contribution in [2.24, 2.45) is 10.8 Å². The molecule has 0 aromatic carbocycles. The van der Waals surface area contributed by atoms with E-state index in [0.29, 0.717) is 19.5 Å². The van der Waals surface area contributed by atoms with Gasteiger partial charge in [0.05, 0.1) is 5.41 Å². The molecule has 0 saturated carbocycles. The molecule has 116 valence electrons. The van der Waals surface area contributed by atoms with Gasteiger partial charge in [-0.1, -0.05) is 20.8 Å². The van der Waals surface area contributed by atoms with Crippen LogP contribution in [-0.4, -0.2) is 53.1 Å². The van der Waals surface area contributed by atoms with Crippen LogP contribution in [0.4, 0.5) is 4.79 Å². The fraction of sp³-hybridized carbons (Fsp3) is 0.867. The summed E-state index contributed by atoms with van der Waals surface area (Å²) < 4.78 is 0. The highest BCUT2D eigenvalue weighted by Crippen LogP contribution is 2.31. The van der Waals surface area contributed by atoms with Gasteiger partial charge in [-0.25, -0.2) is 4.79 Å². The summed E-state index contributed by atoms with van der Waals surface area (Å²) in [5.41, 5.74) is -0.823. The quantitative estimate of drug-likeness (QED) is 0.848. The first-order valence-corrected chi connectivity index (χ1v) is 7.24. The van der Waals surface area contributed by atoms with Crippen molar-refractivity contribution in [2.75, 3.05) is 20.1 Å². The number of aliphatic carboxylic acids is 1. The Morgan fingerprint density at radius 1 is 1.35 bits per heavy atom. The molecule has 1 N–H and O–H groups in total. The second-order valence-corrected chi connectivity index (χ2v) is 7.33. The summed E-state index contributed by atoms with van der Waals surface area (Å²) >= 11 is 0. The molecule has 0 radical (unpaired) electrons. The third kappa shape index (κ3) is 3.44. The number of carbonyl (C=O) groups is 2. The molecule has 20 heavy (non-hydrogen) atoms. The fourth-order valence-corrected chi connectivity index (χ4v) is 2.55. The second-order valence-electron chi connectivity index (χ2n) is 7.33. The molecule has 0 aromatic rings. The van der Waals surface area contributed by atoms with Crippen molar-refractivity contribution >= 4 is 12.0 Å². The highest BCUT2D eigenvalue weighted by Gasteiger charge is 2.41. The number of hydrogen-bond acceptors (Lipinski definition) is 2. The summed E-state index contributed by atoms with van der Waals surface area (Å²) in [6, 6.07) is 0.0209. The van der Waals surface area contributed by atoms with Crippen molar-refractivity contribution < 1.29 is 14.7 Å². The summed E-state index contributed by atoms with van der Waals surface area (Å²) in [5.74, 6) is -0.818. The van der Waals surface area contributed by atoms with E-state index in [9.17, 15) is 14.7 Å². The van der Waals surface area contributed by atoms with Crippen LogP contribution >= 0.6 is 0 Å². The average molecular weight is 284 g/mol. The van der Waals surface area contributed by atoms with E-state index in [-0.39, 0.29) is 17.5 Å². The number of amides is 2. The van der Waals surface area contributed by atoms with Crippen LogP contribution in [0.2, 0.25) is 0 Å². The van der Waals surface area contributed by atoms with Crippen LogP contribution in [0.5, 0.6) is 0 Å². The molecule has 0 aliphatic carbocycles. The van der Waals surface area contributed by atoms with Crippen LogP contribution in [0.25, 0.3) is 0 Å². The lowest BCUT2D eigenvalue weighted by molar-refractivity contribution is -0.150. The third-order valence-corrected chi connectivity index (χ3v) is 4.62. The van der Waals surface area contributed by atoms with Crippen molar-refractivity contribution in [3.8, 4) is 0 Å². The average Bonchev–Trinajstić information content (AvgIpc) is 2.35. The largest absolute Gasteiger partial charge is 0.481 e. The second kappa shape index (κ2) is 5.62. The number of carbonyl (C=O) groups excluding carboxylic acids is 1. The highest BCUT2D eigenvalue weighted by molar-refractivity contribution is 5.78. The van der Waals surface area contributed by atoms with E-state index in [0.717, 1.165) is 6.42 Å². The van der Waals surface area contributed by atoms with Gasteiger partial charge in [-0.3, -0.25) is 4.79 Å². The standard InChI is InChI=1S/C15H28N2O3/c1-11(14(2,3)4)16(6)13(20)17-9-7-8-15(5,10-17)12(18)19/h11H,7-10H2,1-6H3,(H,18,19). The molecule has 1 saturated heterocycles. The van der Waals surface area contributed by atoms with Gasteiger partial charge in [-0.05, 0) is 32.1 Å². The zero-order chi connectivity index (χ0) is 15.7. The van der Waals surface area contributed by atoms with Gasteiger partial charge < -0.3 is 14.9 Å². The minimum atomic E-state index is -0.820. The zero-order valence-corrected chi connectivity index (χ0v) is 13.6. The molecule has 2 atom stereocenters. The van der Waals surface area contributed by atoms with E-state index in [2.05, 4.69) is 20.8 Å². The number of nitrogens with zero attached hydrogens (tertiary/aromatic N) is 2. The van der Waals surface area contributed by atoms with Gasteiger partial charge in [0.1, 0.15) is 0 Å². The Balaban J connectivity index is 2.80. The summed E-state index contributed by atoms with van der Waals surface area (Å²) in [6.45, 7) is 11.0. The fourth-order valence-electron chi connectivity index (χ4n) is 2.55. The number of rotatable bonds is 2. The molecule has 5 nitrogen and oxygen atoms in total. The van der Waals surface area contributed by atoms with Crippen molar-refractivity contribution in [1.29, 1.82) is 0 Å². The number of carboxylic acids is 1.